The quantitative estimate of drug-likeness (QED) is 0.919. The first-order valence-corrected chi connectivity index (χ1v) is 6.22. The molecule has 0 aliphatic rings. The van der Waals surface area contributed by atoms with Crippen molar-refractivity contribution in [2.45, 2.75) is 6.42 Å². The molecule has 0 bridgehead atoms. The highest BCUT2D eigenvalue weighted by Crippen LogP contribution is 2.12. The molecule has 1 amide bonds. The molecular weight excluding hydrogens is 297 g/mol. The van der Waals surface area contributed by atoms with E-state index in [9.17, 15) is 9.18 Å². The lowest BCUT2D eigenvalue weighted by Crippen LogP contribution is -2.14. The fraction of sp³-hybridized carbons (Fsp3) is 0.0714. The van der Waals surface area contributed by atoms with Crippen LogP contribution >= 0.6 is 15.9 Å². The van der Waals surface area contributed by atoms with Crippen molar-refractivity contribution in [2.24, 2.45) is 0 Å². The van der Waals surface area contributed by atoms with E-state index in [1.165, 1.54) is 24.3 Å². The molecule has 0 aliphatic heterocycles. The third-order valence-electron chi connectivity index (χ3n) is 2.41. The number of anilines is 1. The van der Waals surface area contributed by atoms with Crippen LogP contribution in [0.1, 0.15) is 5.56 Å². The summed E-state index contributed by atoms with van der Waals surface area (Å²) in [7, 11) is 0. The van der Waals surface area contributed by atoms with Crippen LogP contribution < -0.4 is 5.32 Å². The predicted molar refractivity (Wildman–Crippen MR) is 72.9 cm³/mol. The number of amides is 1. The Hall–Kier alpha value is -1.68. The van der Waals surface area contributed by atoms with E-state index >= 15 is 0 Å². The summed E-state index contributed by atoms with van der Waals surface area (Å²) in [5, 5.41) is 2.71. The number of carbonyl (C=O) groups is 1. The third-order valence-corrected chi connectivity index (χ3v) is 2.93. The van der Waals surface area contributed by atoms with Gasteiger partial charge < -0.3 is 5.32 Å². The van der Waals surface area contributed by atoms with E-state index in [4.69, 9.17) is 0 Å². The molecule has 2 rings (SSSR count). The lowest BCUT2D eigenvalue weighted by Gasteiger charge is -2.05. The number of hydrogen-bond donors (Lipinski definition) is 1. The van der Waals surface area contributed by atoms with Gasteiger partial charge in [-0.15, -0.1) is 0 Å². The SMILES string of the molecule is O=C(Cc1ccc(Br)cc1)Nc1ccc(F)cc1. The van der Waals surface area contributed by atoms with E-state index < -0.39 is 0 Å². The van der Waals surface area contributed by atoms with Crippen molar-refractivity contribution < 1.29 is 9.18 Å². The lowest BCUT2D eigenvalue weighted by molar-refractivity contribution is -0.115. The zero-order valence-electron chi connectivity index (χ0n) is 9.49. The molecule has 1 N–H and O–H groups in total. The molecule has 92 valence electrons. The number of rotatable bonds is 3. The Morgan fingerprint density at radius 1 is 1.06 bits per heavy atom. The van der Waals surface area contributed by atoms with Gasteiger partial charge in [-0.3, -0.25) is 4.79 Å². The summed E-state index contributed by atoms with van der Waals surface area (Å²) in [5.74, 6) is -0.440. The van der Waals surface area contributed by atoms with Gasteiger partial charge in [-0.2, -0.15) is 0 Å². The van der Waals surface area contributed by atoms with Crippen molar-refractivity contribution >= 4 is 27.5 Å². The van der Waals surface area contributed by atoms with E-state index in [0.29, 0.717) is 12.1 Å². The van der Waals surface area contributed by atoms with Crippen LogP contribution in [0.5, 0.6) is 0 Å². The van der Waals surface area contributed by atoms with Crippen LogP contribution in [0, 0.1) is 5.82 Å². The number of nitrogens with one attached hydrogen (secondary N) is 1. The summed E-state index contributed by atoms with van der Waals surface area (Å²) < 4.78 is 13.7. The first-order valence-electron chi connectivity index (χ1n) is 5.43. The van der Waals surface area contributed by atoms with Crippen LogP contribution in [0.2, 0.25) is 0 Å². The second kappa shape index (κ2) is 5.78. The van der Waals surface area contributed by atoms with Gasteiger partial charge in [-0.25, -0.2) is 4.39 Å². The second-order valence-corrected chi connectivity index (χ2v) is 4.77. The minimum atomic E-state index is -0.319. The maximum Gasteiger partial charge on any atom is 0.228 e. The molecular formula is C14H11BrFNO. The molecule has 0 radical (unpaired) electrons. The summed E-state index contributed by atoms with van der Waals surface area (Å²) in [6.45, 7) is 0. The van der Waals surface area contributed by atoms with Crippen LogP contribution in [-0.4, -0.2) is 5.91 Å². The van der Waals surface area contributed by atoms with E-state index in [0.717, 1.165) is 10.0 Å². The van der Waals surface area contributed by atoms with E-state index in [1.54, 1.807) is 0 Å². The molecule has 2 aromatic carbocycles. The van der Waals surface area contributed by atoms with E-state index in [1.807, 2.05) is 24.3 Å². The average molecular weight is 308 g/mol. The average Bonchev–Trinajstić information content (AvgIpc) is 2.35. The largest absolute Gasteiger partial charge is 0.326 e. The Kier molecular flexibility index (Phi) is 4.10. The normalized spacial score (nSPS) is 10.1. The standard InChI is InChI=1S/C14H11BrFNO/c15-11-3-1-10(2-4-11)9-14(18)17-13-7-5-12(16)6-8-13/h1-8H,9H2,(H,17,18). The van der Waals surface area contributed by atoms with Crippen LogP contribution in [0.4, 0.5) is 10.1 Å². The summed E-state index contributed by atoms with van der Waals surface area (Å²) in [6.07, 6.45) is 0.296. The van der Waals surface area contributed by atoms with Crippen molar-refractivity contribution in [1.29, 1.82) is 0 Å². The molecule has 0 unspecified atom stereocenters. The van der Waals surface area contributed by atoms with E-state index in [2.05, 4.69) is 21.2 Å². The predicted octanol–water partition coefficient (Wildman–Crippen LogP) is 3.77. The zero-order chi connectivity index (χ0) is 13.0. The number of benzene rings is 2. The summed E-state index contributed by atoms with van der Waals surface area (Å²) in [5.41, 5.74) is 1.52. The first kappa shape index (κ1) is 12.8. The Morgan fingerprint density at radius 2 is 1.67 bits per heavy atom. The Balaban J connectivity index is 1.96. The zero-order valence-corrected chi connectivity index (χ0v) is 11.1. The van der Waals surface area contributed by atoms with Crippen LogP contribution in [0.25, 0.3) is 0 Å². The molecule has 0 aromatic heterocycles. The van der Waals surface area contributed by atoms with Crippen LogP contribution in [0.3, 0.4) is 0 Å². The minimum absolute atomic E-state index is 0.121. The highest BCUT2D eigenvalue weighted by atomic mass is 79.9. The van der Waals surface area contributed by atoms with Gasteiger partial charge in [0.05, 0.1) is 6.42 Å². The maximum absolute atomic E-state index is 12.7. The Labute approximate surface area is 113 Å². The van der Waals surface area contributed by atoms with Gasteiger partial charge >= 0.3 is 0 Å². The van der Waals surface area contributed by atoms with E-state index in [-0.39, 0.29) is 11.7 Å². The molecule has 0 fully saturated rings. The second-order valence-electron chi connectivity index (χ2n) is 3.86. The van der Waals surface area contributed by atoms with Crippen molar-refractivity contribution in [3.63, 3.8) is 0 Å². The van der Waals surface area contributed by atoms with Gasteiger partial charge in [-0.1, -0.05) is 28.1 Å². The third kappa shape index (κ3) is 3.67. The van der Waals surface area contributed by atoms with Gasteiger partial charge in [0.25, 0.3) is 0 Å². The molecule has 0 saturated carbocycles. The fourth-order valence-corrected chi connectivity index (χ4v) is 1.79. The van der Waals surface area contributed by atoms with Gasteiger partial charge in [0.1, 0.15) is 5.82 Å². The van der Waals surface area contributed by atoms with Gasteiger partial charge in [0.15, 0.2) is 0 Å². The molecule has 0 aliphatic carbocycles. The Bertz CT molecular complexity index is 487. The molecule has 0 spiro atoms. The summed E-state index contributed by atoms with van der Waals surface area (Å²) in [4.78, 5) is 11.7. The number of halogens is 2. The maximum atomic E-state index is 12.7. The molecule has 4 heteroatoms. The lowest BCUT2D eigenvalue weighted by atomic mass is 10.1. The molecule has 0 heterocycles. The van der Waals surface area contributed by atoms with Crippen LogP contribution in [-0.2, 0) is 11.2 Å². The highest BCUT2D eigenvalue weighted by Gasteiger charge is 2.04. The van der Waals surface area contributed by atoms with Gasteiger partial charge in [0, 0.05) is 10.2 Å². The van der Waals surface area contributed by atoms with Crippen molar-refractivity contribution in [2.75, 3.05) is 5.32 Å². The van der Waals surface area contributed by atoms with Crippen molar-refractivity contribution in [3.8, 4) is 0 Å². The highest BCUT2D eigenvalue weighted by molar-refractivity contribution is 9.10. The number of hydrogen-bond acceptors (Lipinski definition) is 1. The summed E-state index contributed by atoms with van der Waals surface area (Å²) in [6, 6.07) is 13.2. The Morgan fingerprint density at radius 3 is 2.28 bits per heavy atom. The topological polar surface area (TPSA) is 29.1 Å². The molecule has 0 saturated heterocycles. The molecule has 18 heavy (non-hydrogen) atoms. The minimum Gasteiger partial charge on any atom is -0.326 e. The van der Waals surface area contributed by atoms with Gasteiger partial charge in [-0.05, 0) is 42.0 Å². The first-order chi connectivity index (χ1) is 8.63. The molecule has 0 atom stereocenters. The van der Waals surface area contributed by atoms with Crippen molar-refractivity contribution in [1.82, 2.24) is 0 Å². The van der Waals surface area contributed by atoms with Crippen molar-refractivity contribution in [3.05, 3.63) is 64.4 Å². The smallest absolute Gasteiger partial charge is 0.228 e. The fourth-order valence-electron chi connectivity index (χ4n) is 1.53. The molecule has 2 nitrogen and oxygen atoms in total. The monoisotopic (exact) mass is 307 g/mol. The van der Waals surface area contributed by atoms with Crippen LogP contribution in [0.15, 0.2) is 53.0 Å². The number of carbonyl (C=O) groups excluding carboxylic acids is 1. The molecule has 2 aromatic rings. The summed E-state index contributed by atoms with van der Waals surface area (Å²) >= 11 is 3.34. The van der Waals surface area contributed by atoms with Gasteiger partial charge in [0.2, 0.25) is 5.91 Å².